The molecule has 7 heavy (non-hydrogen) atoms. The number of hydrogen-bond donors (Lipinski definition) is 0. The topological polar surface area (TPSA) is 23.8 Å². The molecule has 1 heteroatoms. The van der Waals surface area contributed by atoms with Gasteiger partial charge in [0, 0.05) is 12.8 Å². The highest BCUT2D eigenvalue weighted by molar-refractivity contribution is 4.93. The lowest BCUT2D eigenvalue weighted by Crippen LogP contribution is -1.67. The van der Waals surface area contributed by atoms with Crippen LogP contribution in [0.5, 0.6) is 0 Å². The van der Waals surface area contributed by atoms with E-state index in [1.54, 1.807) is 6.42 Å². The largest absolute Gasteiger partial charge is 0.198 e. The van der Waals surface area contributed by atoms with Crippen LogP contribution in [0.15, 0.2) is 0 Å². The third kappa shape index (κ3) is 5.05. The van der Waals surface area contributed by atoms with E-state index in [1.165, 1.54) is 0 Å². The summed E-state index contributed by atoms with van der Waals surface area (Å²) in [5, 5.41) is 7.94. The first-order valence-electron chi connectivity index (χ1n) is 2.04. The van der Waals surface area contributed by atoms with Gasteiger partial charge in [-0.3, -0.25) is 0 Å². The third-order valence-corrected chi connectivity index (χ3v) is 0.498. The van der Waals surface area contributed by atoms with Gasteiger partial charge in [-0.05, 0) is 6.42 Å². The van der Waals surface area contributed by atoms with E-state index in [-0.39, 0.29) is 0 Å². The highest BCUT2D eigenvalue weighted by Gasteiger charge is 1.77. The SMILES string of the molecule is C#CC[CH]CC#N. The van der Waals surface area contributed by atoms with Crippen molar-refractivity contribution in [2.75, 3.05) is 0 Å². The molecule has 0 N–H and O–H groups in total. The predicted octanol–water partition coefficient (Wildman–Crippen LogP) is 1.13. The minimum absolute atomic E-state index is 0.462. The van der Waals surface area contributed by atoms with Crippen LogP contribution in [-0.2, 0) is 0 Å². The van der Waals surface area contributed by atoms with Gasteiger partial charge in [-0.15, -0.1) is 12.3 Å². The molecular formula is C6H6N. The first-order chi connectivity index (χ1) is 3.41. The summed E-state index contributed by atoms with van der Waals surface area (Å²) in [5.41, 5.74) is 0. The minimum atomic E-state index is 0.462. The van der Waals surface area contributed by atoms with Crippen LogP contribution in [0.3, 0.4) is 0 Å². The van der Waals surface area contributed by atoms with Crippen molar-refractivity contribution >= 4 is 0 Å². The number of nitriles is 1. The van der Waals surface area contributed by atoms with Crippen molar-refractivity contribution in [3.63, 3.8) is 0 Å². The molecule has 0 saturated heterocycles. The van der Waals surface area contributed by atoms with Crippen molar-refractivity contribution < 1.29 is 0 Å². The van der Waals surface area contributed by atoms with Gasteiger partial charge in [0.05, 0.1) is 6.07 Å². The van der Waals surface area contributed by atoms with Crippen molar-refractivity contribution in [2.24, 2.45) is 0 Å². The van der Waals surface area contributed by atoms with Crippen LogP contribution < -0.4 is 0 Å². The van der Waals surface area contributed by atoms with Gasteiger partial charge >= 0.3 is 0 Å². The van der Waals surface area contributed by atoms with Gasteiger partial charge in [-0.1, -0.05) is 0 Å². The van der Waals surface area contributed by atoms with Gasteiger partial charge in [0.2, 0.25) is 0 Å². The first kappa shape index (κ1) is 6.05. The fourth-order valence-corrected chi connectivity index (χ4v) is 0.220. The van der Waals surface area contributed by atoms with Crippen LogP contribution in [0.1, 0.15) is 12.8 Å². The zero-order valence-electron chi connectivity index (χ0n) is 4.02. The smallest absolute Gasteiger partial charge is 0.0625 e. The fourth-order valence-electron chi connectivity index (χ4n) is 0.220. The maximum absolute atomic E-state index is 7.94. The molecule has 1 nitrogen and oxygen atoms in total. The molecule has 0 aliphatic carbocycles. The zero-order valence-corrected chi connectivity index (χ0v) is 4.02. The number of rotatable bonds is 2. The molecular weight excluding hydrogens is 86.1 g/mol. The van der Waals surface area contributed by atoms with Crippen molar-refractivity contribution in [1.82, 2.24) is 0 Å². The summed E-state index contributed by atoms with van der Waals surface area (Å²) >= 11 is 0. The number of unbranched alkanes of at least 4 members (excludes halogenated alkanes) is 2. The Kier molecular flexibility index (Phi) is 4.36. The van der Waals surface area contributed by atoms with E-state index in [4.69, 9.17) is 11.7 Å². The summed E-state index contributed by atoms with van der Waals surface area (Å²) in [5.74, 6) is 2.40. The van der Waals surface area contributed by atoms with E-state index in [1.807, 2.05) is 6.07 Å². The van der Waals surface area contributed by atoms with Crippen LogP contribution in [0.4, 0.5) is 0 Å². The molecule has 0 aromatic heterocycles. The standard InChI is InChI=1S/C6H6N/c1-2-3-4-5-6-7/h1,4H,3,5H2. The zero-order chi connectivity index (χ0) is 5.54. The van der Waals surface area contributed by atoms with Gasteiger partial charge in [0.1, 0.15) is 0 Å². The number of hydrogen-bond acceptors (Lipinski definition) is 1. The lowest BCUT2D eigenvalue weighted by atomic mass is 10.3. The average molecular weight is 92.1 g/mol. The summed E-state index contributed by atoms with van der Waals surface area (Å²) < 4.78 is 0. The molecule has 0 aliphatic heterocycles. The Morgan fingerprint density at radius 1 is 1.57 bits per heavy atom. The maximum Gasteiger partial charge on any atom is 0.0625 e. The minimum Gasteiger partial charge on any atom is -0.198 e. The second-order valence-corrected chi connectivity index (χ2v) is 1.06. The molecule has 35 valence electrons. The maximum atomic E-state index is 7.94. The molecule has 0 atom stereocenters. The molecule has 0 spiro atoms. The summed E-state index contributed by atoms with van der Waals surface area (Å²) in [6.45, 7) is 0. The van der Waals surface area contributed by atoms with Gasteiger partial charge < -0.3 is 0 Å². The fraction of sp³-hybridized carbons (Fsp3) is 0.333. The predicted molar refractivity (Wildman–Crippen MR) is 28.0 cm³/mol. The van der Waals surface area contributed by atoms with Crippen LogP contribution in [-0.4, -0.2) is 0 Å². The summed E-state index contributed by atoms with van der Waals surface area (Å²) in [6, 6.07) is 1.95. The van der Waals surface area contributed by atoms with Crippen LogP contribution in [0, 0.1) is 30.1 Å². The Labute approximate surface area is 44.0 Å². The quantitative estimate of drug-likeness (QED) is 0.370. The molecule has 0 bridgehead atoms. The molecule has 0 aromatic rings. The second kappa shape index (κ2) is 5.05. The summed E-state index contributed by atoms with van der Waals surface area (Å²) in [6.07, 6.45) is 7.71. The van der Waals surface area contributed by atoms with E-state index in [2.05, 4.69) is 5.92 Å². The third-order valence-electron chi connectivity index (χ3n) is 0.498. The van der Waals surface area contributed by atoms with Crippen LogP contribution in [0.25, 0.3) is 0 Å². The molecule has 0 unspecified atom stereocenters. The highest BCUT2D eigenvalue weighted by Crippen LogP contribution is 1.86. The Hall–Kier alpha value is -0.950. The van der Waals surface area contributed by atoms with Crippen molar-refractivity contribution in [1.29, 1.82) is 5.26 Å². The van der Waals surface area contributed by atoms with Gasteiger partial charge in [0.15, 0.2) is 0 Å². The average Bonchev–Trinajstić information content (AvgIpc) is 1.69. The van der Waals surface area contributed by atoms with Crippen LogP contribution in [0.2, 0.25) is 0 Å². The molecule has 0 heterocycles. The number of terminal acetylenes is 1. The molecule has 0 aromatic carbocycles. The molecule has 0 rings (SSSR count). The first-order valence-corrected chi connectivity index (χ1v) is 2.04. The lowest BCUT2D eigenvalue weighted by molar-refractivity contribution is 1.14. The van der Waals surface area contributed by atoms with Crippen molar-refractivity contribution in [3.05, 3.63) is 6.42 Å². The monoisotopic (exact) mass is 92.1 g/mol. The van der Waals surface area contributed by atoms with Gasteiger partial charge in [-0.2, -0.15) is 5.26 Å². The molecule has 1 radical (unpaired) electrons. The second-order valence-electron chi connectivity index (χ2n) is 1.06. The molecule has 0 fully saturated rings. The summed E-state index contributed by atoms with van der Waals surface area (Å²) in [4.78, 5) is 0. The highest BCUT2D eigenvalue weighted by atomic mass is 14.2. The molecule has 0 amide bonds. The lowest BCUT2D eigenvalue weighted by Gasteiger charge is -1.77. The van der Waals surface area contributed by atoms with E-state index in [0.717, 1.165) is 0 Å². The van der Waals surface area contributed by atoms with Crippen LogP contribution >= 0.6 is 0 Å². The van der Waals surface area contributed by atoms with Gasteiger partial charge in [-0.25, -0.2) is 0 Å². The van der Waals surface area contributed by atoms with Crippen molar-refractivity contribution in [2.45, 2.75) is 12.8 Å². The Bertz CT molecular complexity index is 88.3. The van der Waals surface area contributed by atoms with Crippen molar-refractivity contribution in [3.8, 4) is 18.4 Å². The van der Waals surface area contributed by atoms with E-state index in [0.29, 0.717) is 12.8 Å². The Balaban J connectivity index is 2.77. The molecule has 0 saturated carbocycles. The number of nitrogens with zero attached hydrogens (tertiary/aromatic N) is 1. The normalized spacial score (nSPS) is 6.57. The van der Waals surface area contributed by atoms with E-state index in [9.17, 15) is 0 Å². The Morgan fingerprint density at radius 3 is 2.71 bits per heavy atom. The molecule has 0 aliphatic rings. The van der Waals surface area contributed by atoms with Gasteiger partial charge in [0.25, 0.3) is 0 Å². The summed E-state index contributed by atoms with van der Waals surface area (Å²) in [7, 11) is 0. The van der Waals surface area contributed by atoms with E-state index < -0.39 is 0 Å². The van der Waals surface area contributed by atoms with E-state index >= 15 is 0 Å². The Morgan fingerprint density at radius 2 is 2.29 bits per heavy atom.